The minimum absolute atomic E-state index is 0.0254. The predicted octanol–water partition coefficient (Wildman–Crippen LogP) is 2.23. The molecule has 0 amide bonds. The molecule has 2 saturated heterocycles. The maximum absolute atomic E-state index is 6.65. The third-order valence-corrected chi connectivity index (χ3v) is 5.24. The maximum atomic E-state index is 6.65. The maximum Gasteiger partial charge on any atom is 0.0685 e. The highest BCUT2D eigenvalue weighted by Crippen LogP contribution is 2.46. The smallest absolute Gasteiger partial charge is 0.0685 e. The van der Waals surface area contributed by atoms with E-state index in [9.17, 15) is 0 Å². The number of hydrogen-bond acceptors (Lipinski definition) is 3. The largest absolute Gasteiger partial charge is 0.381 e. The topological polar surface area (TPSA) is 44.5 Å². The molecular weight excluding hydrogens is 214 g/mol. The van der Waals surface area contributed by atoms with Crippen LogP contribution in [0.4, 0.5) is 0 Å². The van der Waals surface area contributed by atoms with Crippen LogP contribution in [-0.4, -0.2) is 31.0 Å². The molecule has 1 spiro atoms. The van der Waals surface area contributed by atoms with E-state index in [-0.39, 0.29) is 11.1 Å². The Morgan fingerprint density at radius 1 is 0.941 bits per heavy atom. The van der Waals surface area contributed by atoms with Gasteiger partial charge in [-0.3, -0.25) is 0 Å². The molecule has 2 N–H and O–H groups in total. The fourth-order valence-corrected chi connectivity index (χ4v) is 4.05. The van der Waals surface area contributed by atoms with Gasteiger partial charge in [0.1, 0.15) is 0 Å². The molecule has 3 nitrogen and oxygen atoms in total. The Balaban J connectivity index is 1.70. The van der Waals surface area contributed by atoms with Crippen molar-refractivity contribution in [1.82, 2.24) is 0 Å². The summed E-state index contributed by atoms with van der Waals surface area (Å²) in [5.41, 5.74) is 6.88. The monoisotopic (exact) mass is 239 g/mol. The third kappa shape index (κ3) is 2.25. The highest BCUT2D eigenvalue weighted by Gasteiger charge is 2.46. The molecule has 0 aromatic carbocycles. The Morgan fingerprint density at radius 2 is 1.65 bits per heavy atom. The molecule has 17 heavy (non-hydrogen) atoms. The predicted molar refractivity (Wildman–Crippen MR) is 66.8 cm³/mol. The SMILES string of the molecule is NC1(C2CCOC3(CCCC3)C2)CCOCC1. The number of hydrogen-bond donors (Lipinski definition) is 1. The average molecular weight is 239 g/mol. The van der Waals surface area contributed by atoms with Gasteiger partial charge in [0.05, 0.1) is 5.60 Å². The fraction of sp³-hybridized carbons (Fsp3) is 1.00. The van der Waals surface area contributed by atoms with Crippen LogP contribution in [0.5, 0.6) is 0 Å². The number of nitrogens with two attached hydrogens (primary N) is 1. The van der Waals surface area contributed by atoms with Gasteiger partial charge in [-0.25, -0.2) is 0 Å². The summed E-state index contributed by atoms with van der Waals surface area (Å²) in [6, 6.07) is 0. The van der Waals surface area contributed by atoms with Crippen molar-refractivity contribution in [3.05, 3.63) is 0 Å². The van der Waals surface area contributed by atoms with Crippen LogP contribution in [0, 0.1) is 5.92 Å². The Bertz CT molecular complexity index is 267. The van der Waals surface area contributed by atoms with Gasteiger partial charge in [0.15, 0.2) is 0 Å². The Kier molecular flexibility index (Phi) is 3.18. The minimum Gasteiger partial charge on any atom is -0.381 e. The normalized spacial score (nSPS) is 36.2. The highest BCUT2D eigenvalue weighted by molar-refractivity contribution is 5.00. The van der Waals surface area contributed by atoms with Gasteiger partial charge in [-0.15, -0.1) is 0 Å². The molecule has 3 rings (SSSR count). The Morgan fingerprint density at radius 3 is 2.35 bits per heavy atom. The first-order valence-electron chi connectivity index (χ1n) is 7.23. The minimum atomic E-state index is 0.0254. The zero-order chi connectivity index (χ0) is 11.8. The van der Waals surface area contributed by atoms with Gasteiger partial charge in [-0.1, -0.05) is 12.8 Å². The second-order valence-corrected chi connectivity index (χ2v) is 6.27. The lowest BCUT2D eigenvalue weighted by Crippen LogP contribution is -2.55. The van der Waals surface area contributed by atoms with Gasteiger partial charge in [0.2, 0.25) is 0 Å². The average Bonchev–Trinajstić information content (AvgIpc) is 2.78. The third-order valence-electron chi connectivity index (χ3n) is 5.24. The molecule has 2 heterocycles. The lowest BCUT2D eigenvalue weighted by atomic mass is 9.70. The summed E-state index contributed by atoms with van der Waals surface area (Å²) in [6.45, 7) is 2.62. The summed E-state index contributed by atoms with van der Waals surface area (Å²) in [5.74, 6) is 0.651. The number of rotatable bonds is 1. The first-order chi connectivity index (χ1) is 8.23. The quantitative estimate of drug-likeness (QED) is 0.763. The van der Waals surface area contributed by atoms with E-state index in [0.717, 1.165) is 39.1 Å². The van der Waals surface area contributed by atoms with E-state index in [4.69, 9.17) is 15.2 Å². The molecule has 0 aromatic rings. The van der Waals surface area contributed by atoms with E-state index in [1.165, 1.54) is 32.1 Å². The molecule has 3 fully saturated rings. The molecular formula is C14H25NO2. The molecule has 3 heteroatoms. The lowest BCUT2D eigenvalue weighted by molar-refractivity contribution is -0.114. The van der Waals surface area contributed by atoms with E-state index < -0.39 is 0 Å². The zero-order valence-corrected chi connectivity index (χ0v) is 10.7. The van der Waals surface area contributed by atoms with Crippen LogP contribution in [0.2, 0.25) is 0 Å². The summed E-state index contributed by atoms with van der Waals surface area (Å²) in [7, 11) is 0. The van der Waals surface area contributed by atoms with Crippen molar-refractivity contribution >= 4 is 0 Å². The molecule has 1 aliphatic carbocycles. The van der Waals surface area contributed by atoms with Crippen LogP contribution >= 0.6 is 0 Å². The second kappa shape index (κ2) is 4.52. The van der Waals surface area contributed by atoms with Crippen molar-refractivity contribution in [1.29, 1.82) is 0 Å². The van der Waals surface area contributed by atoms with Crippen LogP contribution in [-0.2, 0) is 9.47 Å². The summed E-state index contributed by atoms with van der Waals surface area (Å²) >= 11 is 0. The molecule has 0 aromatic heterocycles. The van der Waals surface area contributed by atoms with Gasteiger partial charge in [-0.2, -0.15) is 0 Å². The van der Waals surface area contributed by atoms with Crippen LogP contribution in [0.1, 0.15) is 51.4 Å². The highest BCUT2D eigenvalue weighted by atomic mass is 16.5. The van der Waals surface area contributed by atoms with Gasteiger partial charge in [0.25, 0.3) is 0 Å². The van der Waals surface area contributed by atoms with Crippen LogP contribution in [0.25, 0.3) is 0 Å². The first kappa shape index (κ1) is 11.9. The van der Waals surface area contributed by atoms with E-state index in [2.05, 4.69) is 0 Å². The van der Waals surface area contributed by atoms with E-state index in [1.807, 2.05) is 0 Å². The van der Waals surface area contributed by atoms with Gasteiger partial charge in [0, 0.05) is 25.4 Å². The molecule has 98 valence electrons. The molecule has 1 atom stereocenters. The van der Waals surface area contributed by atoms with Crippen molar-refractivity contribution < 1.29 is 9.47 Å². The Hall–Kier alpha value is -0.120. The summed E-state index contributed by atoms with van der Waals surface area (Å²) in [4.78, 5) is 0. The fourth-order valence-electron chi connectivity index (χ4n) is 4.05. The van der Waals surface area contributed by atoms with Gasteiger partial charge >= 0.3 is 0 Å². The van der Waals surface area contributed by atoms with E-state index >= 15 is 0 Å². The van der Waals surface area contributed by atoms with Crippen molar-refractivity contribution in [2.75, 3.05) is 19.8 Å². The van der Waals surface area contributed by atoms with Gasteiger partial charge in [-0.05, 0) is 44.4 Å². The molecule has 0 bridgehead atoms. The molecule has 3 aliphatic rings. The van der Waals surface area contributed by atoms with Crippen LogP contribution < -0.4 is 5.73 Å². The van der Waals surface area contributed by atoms with E-state index in [1.54, 1.807) is 0 Å². The zero-order valence-electron chi connectivity index (χ0n) is 10.7. The summed E-state index contributed by atoms with van der Waals surface area (Å²) in [5, 5.41) is 0. The van der Waals surface area contributed by atoms with Crippen molar-refractivity contribution in [2.45, 2.75) is 62.5 Å². The van der Waals surface area contributed by atoms with Crippen molar-refractivity contribution in [2.24, 2.45) is 11.7 Å². The lowest BCUT2D eigenvalue weighted by Gasteiger charge is -2.47. The molecule has 1 saturated carbocycles. The summed E-state index contributed by atoms with van der Waals surface area (Å²) in [6.07, 6.45) is 9.62. The molecule has 0 radical (unpaired) electrons. The Labute approximate surface area is 104 Å². The van der Waals surface area contributed by atoms with Crippen LogP contribution in [0.15, 0.2) is 0 Å². The number of ether oxygens (including phenoxy) is 2. The van der Waals surface area contributed by atoms with Crippen LogP contribution in [0.3, 0.4) is 0 Å². The van der Waals surface area contributed by atoms with Crippen molar-refractivity contribution in [3.8, 4) is 0 Å². The van der Waals surface area contributed by atoms with Crippen molar-refractivity contribution in [3.63, 3.8) is 0 Å². The van der Waals surface area contributed by atoms with E-state index in [0.29, 0.717) is 5.92 Å². The second-order valence-electron chi connectivity index (χ2n) is 6.27. The van der Waals surface area contributed by atoms with Gasteiger partial charge < -0.3 is 15.2 Å². The molecule has 2 aliphatic heterocycles. The molecule has 1 unspecified atom stereocenters. The summed E-state index contributed by atoms with van der Waals surface area (Å²) < 4.78 is 11.6. The standard InChI is InChI=1S/C14H25NO2/c15-14(6-9-16-10-7-14)12-3-8-17-13(11-12)4-1-2-5-13/h12H,1-11,15H2. The first-order valence-corrected chi connectivity index (χ1v) is 7.23.